The molecule has 0 aliphatic carbocycles. The lowest BCUT2D eigenvalue weighted by atomic mass is 10.1. The summed E-state index contributed by atoms with van der Waals surface area (Å²) in [5, 5.41) is 12.3. The molecular weight excluding hydrogens is 307 g/mol. The van der Waals surface area contributed by atoms with Crippen LogP contribution in [0.2, 0.25) is 0 Å². The second-order valence-corrected chi connectivity index (χ2v) is 4.78. The van der Waals surface area contributed by atoms with Crippen molar-refractivity contribution in [2.75, 3.05) is 5.32 Å². The summed E-state index contributed by atoms with van der Waals surface area (Å²) in [6, 6.07) is 13.0. The first-order chi connectivity index (χ1) is 10.9. The minimum Gasteiger partial charge on any atom is -0.379 e. The molecule has 0 bridgehead atoms. The van der Waals surface area contributed by atoms with E-state index in [9.17, 15) is 23.1 Å². The molecular formula is C17H14F3NO2. The third-order valence-corrected chi connectivity index (χ3v) is 3.02. The Bertz CT molecular complexity index is 679. The fourth-order valence-corrected chi connectivity index (χ4v) is 1.81. The van der Waals surface area contributed by atoms with Gasteiger partial charge in [0.25, 0.3) is 5.91 Å². The lowest BCUT2D eigenvalue weighted by Gasteiger charge is -2.08. The van der Waals surface area contributed by atoms with Gasteiger partial charge in [-0.1, -0.05) is 36.4 Å². The second kappa shape index (κ2) is 7.11. The maximum absolute atomic E-state index is 12.4. The van der Waals surface area contributed by atoms with E-state index in [1.165, 1.54) is 24.3 Å². The van der Waals surface area contributed by atoms with Crippen LogP contribution in [-0.4, -0.2) is 17.1 Å². The Kier molecular flexibility index (Phi) is 5.18. The first-order valence-corrected chi connectivity index (χ1v) is 6.76. The number of para-hydroxylation sites is 1. The van der Waals surface area contributed by atoms with E-state index in [2.05, 4.69) is 5.32 Å². The molecule has 0 heterocycles. The molecule has 6 heteroatoms. The highest BCUT2D eigenvalue weighted by Gasteiger charge is 2.29. The zero-order valence-corrected chi connectivity index (χ0v) is 11.9. The fourth-order valence-electron chi connectivity index (χ4n) is 1.81. The van der Waals surface area contributed by atoms with Gasteiger partial charge < -0.3 is 10.4 Å². The highest BCUT2D eigenvalue weighted by molar-refractivity contribution is 5.95. The van der Waals surface area contributed by atoms with Crippen molar-refractivity contribution in [2.45, 2.75) is 12.3 Å². The van der Waals surface area contributed by atoms with Crippen molar-refractivity contribution in [3.05, 3.63) is 71.8 Å². The van der Waals surface area contributed by atoms with E-state index in [0.717, 1.165) is 12.1 Å². The van der Waals surface area contributed by atoms with Gasteiger partial charge in [-0.15, -0.1) is 0 Å². The van der Waals surface area contributed by atoms with Crippen molar-refractivity contribution in [2.24, 2.45) is 0 Å². The molecule has 0 aliphatic rings. The normalized spacial score (nSPS) is 13.0. The zero-order valence-electron chi connectivity index (χ0n) is 11.9. The Morgan fingerprint density at radius 1 is 1.04 bits per heavy atom. The van der Waals surface area contributed by atoms with Gasteiger partial charge in [0, 0.05) is 5.69 Å². The summed E-state index contributed by atoms with van der Waals surface area (Å²) in [6.45, 7) is 0. The van der Waals surface area contributed by atoms with Crippen molar-refractivity contribution in [3.63, 3.8) is 0 Å². The van der Waals surface area contributed by atoms with E-state index in [-0.39, 0.29) is 0 Å². The molecule has 0 fully saturated rings. The molecule has 3 nitrogen and oxygen atoms in total. The maximum atomic E-state index is 12.4. The monoisotopic (exact) mass is 321 g/mol. The number of nitrogens with one attached hydrogen (secondary N) is 1. The molecule has 2 N–H and O–H groups in total. The quantitative estimate of drug-likeness (QED) is 0.902. The molecule has 2 rings (SSSR count). The highest BCUT2D eigenvalue weighted by Crippen LogP contribution is 2.29. The topological polar surface area (TPSA) is 49.3 Å². The number of aliphatic hydroxyl groups is 1. The number of alkyl halides is 3. The number of carbonyl (C=O) groups excluding carboxylic acids is 1. The summed E-state index contributed by atoms with van der Waals surface area (Å²) in [7, 11) is 0. The third-order valence-electron chi connectivity index (χ3n) is 3.02. The molecule has 2 aromatic rings. The third kappa shape index (κ3) is 4.96. The van der Waals surface area contributed by atoms with E-state index in [1.54, 1.807) is 30.3 Å². The molecule has 120 valence electrons. The molecule has 0 saturated carbocycles. The van der Waals surface area contributed by atoms with Gasteiger partial charge in [0.2, 0.25) is 0 Å². The van der Waals surface area contributed by atoms with Crippen LogP contribution in [-0.2, 0) is 11.0 Å². The number of hydrogen-bond acceptors (Lipinski definition) is 2. The predicted octanol–water partition coefficient (Wildman–Crippen LogP) is 3.72. The molecule has 0 radical (unpaired) electrons. The van der Waals surface area contributed by atoms with Crippen LogP contribution in [0.3, 0.4) is 0 Å². The van der Waals surface area contributed by atoms with Gasteiger partial charge in [-0.05, 0) is 35.9 Å². The first kappa shape index (κ1) is 16.8. The molecule has 0 spiro atoms. The average molecular weight is 321 g/mol. The van der Waals surface area contributed by atoms with E-state index in [4.69, 9.17) is 0 Å². The van der Waals surface area contributed by atoms with Gasteiger partial charge >= 0.3 is 6.18 Å². The lowest BCUT2D eigenvalue weighted by Crippen LogP contribution is -2.25. The van der Waals surface area contributed by atoms with Crippen LogP contribution >= 0.6 is 0 Å². The predicted molar refractivity (Wildman–Crippen MR) is 81.6 cm³/mol. The number of carbonyl (C=O) groups is 1. The van der Waals surface area contributed by atoms with E-state index < -0.39 is 23.8 Å². The standard InChI is InChI=1S/C17H14F3NO2/c18-17(19,20)13-9-6-12(7-10-13)8-11-15(22)16(23)21-14-4-2-1-3-5-14/h1-11,15,22H,(H,21,23)/b11-8+/t15-/m1/s1. The summed E-state index contributed by atoms with van der Waals surface area (Å²) in [4.78, 5) is 11.8. The van der Waals surface area contributed by atoms with Crippen LogP contribution in [0.15, 0.2) is 60.7 Å². The zero-order chi connectivity index (χ0) is 16.9. The van der Waals surface area contributed by atoms with Crippen molar-refractivity contribution in [1.82, 2.24) is 0 Å². The summed E-state index contributed by atoms with van der Waals surface area (Å²) in [6.07, 6.45) is -3.20. The van der Waals surface area contributed by atoms with Crippen molar-refractivity contribution < 1.29 is 23.1 Å². The number of rotatable bonds is 4. The Balaban J connectivity index is 1.97. The Morgan fingerprint density at radius 2 is 1.65 bits per heavy atom. The molecule has 0 aromatic heterocycles. The smallest absolute Gasteiger partial charge is 0.379 e. The number of hydrogen-bond donors (Lipinski definition) is 2. The number of halogens is 3. The Morgan fingerprint density at radius 3 is 2.22 bits per heavy atom. The second-order valence-electron chi connectivity index (χ2n) is 4.78. The van der Waals surface area contributed by atoms with Crippen LogP contribution < -0.4 is 5.32 Å². The maximum Gasteiger partial charge on any atom is 0.416 e. The highest BCUT2D eigenvalue weighted by atomic mass is 19.4. The lowest BCUT2D eigenvalue weighted by molar-refractivity contribution is -0.137. The molecule has 1 amide bonds. The van der Waals surface area contributed by atoms with E-state index in [0.29, 0.717) is 11.3 Å². The van der Waals surface area contributed by atoms with E-state index >= 15 is 0 Å². The van der Waals surface area contributed by atoms with Crippen LogP contribution in [0.5, 0.6) is 0 Å². The number of anilines is 1. The van der Waals surface area contributed by atoms with Crippen LogP contribution in [0.25, 0.3) is 6.08 Å². The van der Waals surface area contributed by atoms with Gasteiger partial charge in [-0.3, -0.25) is 4.79 Å². The largest absolute Gasteiger partial charge is 0.416 e. The van der Waals surface area contributed by atoms with Crippen LogP contribution in [0.1, 0.15) is 11.1 Å². The first-order valence-electron chi connectivity index (χ1n) is 6.76. The SMILES string of the molecule is O=C(Nc1ccccc1)[C@H](O)/C=C/c1ccc(C(F)(F)F)cc1. The van der Waals surface area contributed by atoms with Gasteiger partial charge in [0.15, 0.2) is 6.10 Å². The molecule has 0 saturated heterocycles. The molecule has 0 aliphatic heterocycles. The Hall–Kier alpha value is -2.60. The average Bonchev–Trinajstić information content (AvgIpc) is 2.53. The summed E-state index contributed by atoms with van der Waals surface area (Å²) in [5.74, 6) is -0.626. The van der Waals surface area contributed by atoms with Gasteiger partial charge in [0.1, 0.15) is 0 Å². The molecule has 0 unspecified atom stereocenters. The summed E-state index contributed by atoms with van der Waals surface area (Å²) < 4.78 is 37.3. The number of benzene rings is 2. The van der Waals surface area contributed by atoms with Crippen molar-refractivity contribution >= 4 is 17.7 Å². The van der Waals surface area contributed by atoms with Crippen molar-refractivity contribution in [1.29, 1.82) is 0 Å². The fraction of sp³-hybridized carbons (Fsp3) is 0.118. The van der Waals surface area contributed by atoms with Gasteiger partial charge in [0.05, 0.1) is 5.56 Å². The number of aliphatic hydroxyl groups excluding tert-OH is 1. The van der Waals surface area contributed by atoms with Crippen LogP contribution in [0, 0.1) is 0 Å². The minimum atomic E-state index is -4.39. The van der Waals surface area contributed by atoms with Crippen LogP contribution in [0.4, 0.5) is 18.9 Å². The number of amides is 1. The summed E-state index contributed by atoms with van der Waals surface area (Å²) >= 11 is 0. The minimum absolute atomic E-state index is 0.449. The van der Waals surface area contributed by atoms with Crippen molar-refractivity contribution in [3.8, 4) is 0 Å². The molecule has 2 aromatic carbocycles. The van der Waals surface area contributed by atoms with Gasteiger partial charge in [-0.2, -0.15) is 13.2 Å². The molecule has 23 heavy (non-hydrogen) atoms. The summed E-state index contributed by atoms with van der Waals surface area (Å²) in [5.41, 5.74) is 0.237. The Labute approximate surface area is 131 Å². The van der Waals surface area contributed by atoms with E-state index in [1.807, 2.05) is 0 Å². The molecule has 1 atom stereocenters. The van der Waals surface area contributed by atoms with Gasteiger partial charge in [-0.25, -0.2) is 0 Å².